The van der Waals surface area contributed by atoms with Gasteiger partial charge in [0.05, 0.1) is 26.4 Å². The first kappa shape index (κ1) is 14.8. The number of ketones is 1. The number of hydrogen-bond acceptors (Lipinski definition) is 4. The van der Waals surface area contributed by atoms with Gasteiger partial charge in [-0.2, -0.15) is 0 Å². The summed E-state index contributed by atoms with van der Waals surface area (Å²) in [4.78, 5) is 11.6. The van der Waals surface area contributed by atoms with Crippen molar-refractivity contribution in [1.29, 1.82) is 0 Å². The molecule has 0 spiro atoms. The van der Waals surface area contributed by atoms with Crippen LogP contribution < -0.4 is 0 Å². The molecule has 0 amide bonds. The van der Waals surface area contributed by atoms with Crippen LogP contribution >= 0.6 is 0 Å². The highest BCUT2D eigenvalue weighted by atomic mass is 16.5. The Balaban J connectivity index is 2.00. The Kier molecular flexibility index (Phi) is 8.04. The van der Waals surface area contributed by atoms with Gasteiger partial charge in [-0.15, -0.1) is 0 Å². The highest BCUT2D eigenvalue weighted by Crippen LogP contribution is 2.00. The molecule has 100 valence electrons. The monoisotopic (exact) mass is 252 g/mol. The van der Waals surface area contributed by atoms with E-state index in [0.717, 1.165) is 5.56 Å². The summed E-state index contributed by atoms with van der Waals surface area (Å²) in [6.45, 7) is 2.19. The van der Waals surface area contributed by atoms with E-state index in [2.05, 4.69) is 0 Å². The highest BCUT2D eigenvalue weighted by molar-refractivity contribution is 5.81. The molecule has 0 aliphatic heterocycles. The number of methoxy groups -OCH3 is 1. The zero-order valence-corrected chi connectivity index (χ0v) is 10.8. The zero-order valence-electron chi connectivity index (χ0n) is 10.8. The van der Waals surface area contributed by atoms with Gasteiger partial charge in [-0.05, 0) is 5.56 Å². The second-order valence-corrected chi connectivity index (χ2v) is 3.86. The van der Waals surface area contributed by atoms with Gasteiger partial charge < -0.3 is 14.2 Å². The topological polar surface area (TPSA) is 44.8 Å². The summed E-state index contributed by atoms with van der Waals surface area (Å²) in [5.41, 5.74) is 1.02. The van der Waals surface area contributed by atoms with Crippen molar-refractivity contribution in [3.05, 3.63) is 35.9 Å². The number of carbonyl (C=O) groups excluding carboxylic acids is 1. The summed E-state index contributed by atoms with van der Waals surface area (Å²) in [7, 11) is 1.63. The molecule has 0 heterocycles. The molecule has 0 radical (unpaired) electrons. The first-order valence-electron chi connectivity index (χ1n) is 6.03. The van der Waals surface area contributed by atoms with Crippen LogP contribution in [-0.2, 0) is 25.4 Å². The summed E-state index contributed by atoms with van der Waals surface area (Å²) in [5.74, 6) is 0.0816. The van der Waals surface area contributed by atoms with Gasteiger partial charge in [0, 0.05) is 13.5 Å². The Bertz CT molecular complexity index is 324. The molecule has 0 unspecified atom stereocenters. The molecule has 0 atom stereocenters. The van der Waals surface area contributed by atoms with Crippen molar-refractivity contribution in [2.45, 2.75) is 6.42 Å². The minimum atomic E-state index is 0.0816. The van der Waals surface area contributed by atoms with Gasteiger partial charge in [0.15, 0.2) is 5.78 Å². The van der Waals surface area contributed by atoms with Crippen molar-refractivity contribution < 1.29 is 19.0 Å². The van der Waals surface area contributed by atoms with Gasteiger partial charge in [0.2, 0.25) is 0 Å². The molecule has 0 saturated carbocycles. The Labute approximate surface area is 108 Å². The molecule has 4 nitrogen and oxygen atoms in total. The minimum absolute atomic E-state index is 0.0816. The van der Waals surface area contributed by atoms with Gasteiger partial charge in [-0.25, -0.2) is 0 Å². The van der Waals surface area contributed by atoms with E-state index in [1.54, 1.807) is 7.11 Å². The van der Waals surface area contributed by atoms with Crippen LogP contribution in [0.2, 0.25) is 0 Å². The molecule has 0 fully saturated rings. The Morgan fingerprint density at radius 3 is 2.39 bits per heavy atom. The molecule has 0 saturated heterocycles. The predicted octanol–water partition coefficient (Wildman–Crippen LogP) is 1.48. The molecule has 1 rings (SSSR count). The van der Waals surface area contributed by atoms with Gasteiger partial charge in [0.25, 0.3) is 0 Å². The average molecular weight is 252 g/mol. The van der Waals surface area contributed by atoms with Crippen molar-refractivity contribution >= 4 is 5.78 Å². The zero-order chi connectivity index (χ0) is 13.1. The lowest BCUT2D eigenvalue weighted by molar-refractivity contribution is -0.123. The SMILES string of the molecule is COCCOCCOCC(=O)Cc1ccccc1. The molecular formula is C14H20O4. The maximum absolute atomic E-state index is 11.6. The van der Waals surface area contributed by atoms with Crippen LogP contribution in [0, 0.1) is 0 Å². The van der Waals surface area contributed by atoms with Crippen LogP contribution in [0.25, 0.3) is 0 Å². The van der Waals surface area contributed by atoms with Gasteiger partial charge in [-0.3, -0.25) is 4.79 Å². The van der Waals surface area contributed by atoms with E-state index in [1.807, 2.05) is 30.3 Å². The van der Waals surface area contributed by atoms with E-state index in [-0.39, 0.29) is 12.4 Å². The molecule has 0 bridgehead atoms. The number of Topliss-reactive ketones (excluding diaryl/α,β-unsaturated/α-hetero) is 1. The van der Waals surface area contributed by atoms with Crippen LogP contribution in [0.4, 0.5) is 0 Å². The van der Waals surface area contributed by atoms with Crippen molar-refractivity contribution in [2.75, 3.05) is 40.1 Å². The summed E-state index contributed by atoms with van der Waals surface area (Å²) in [6.07, 6.45) is 0.422. The summed E-state index contributed by atoms with van der Waals surface area (Å²) >= 11 is 0. The molecular weight excluding hydrogens is 232 g/mol. The van der Waals surface area contributed by atoms with E-state index < -0.39 is 0 Å². The Morgan fingerprint density at radius 1 is 1.00 bits per heavy atom. The molecule has 1 aromatic rings. The second-order valence-electron chi connectivity index (χ2n) is 3.86. The number of benzene rings is 1. The number of carbonyl (C=O) groups is 1. The quantitative estimate of drug-likeness (QED) is 0.592. The maximum Gasteiger partial charge on any atom is 0.162 e. The fourth-order valence-corrected chi connectivity index (χ4v) is 1.42. The largest absolute Gasteiger partial charge is 0.382 e. The van der Waals surface area contributed by atoms with Crippen molar-refractivity contribution in [1.82, 2.24) is 0 Å². The van der Waals surface area contributed by atoms with Crippen LogP contribution in [-0.4, -0.2) is 45.9 Å². The maximum atomic E-state index is 11.6. The summed E-state index contributed by atoms with van der Waals surface area (Å²) in [5, 5.41) is 0. The normalized spacial score (nSPS) is 10.5. The summed E-state index contributed by atoms with van der Waals surface area (Å²) < 4.78 is 15.3. The van der Waals surface area contributed by atoms with Crippen molar-refractivity contribution in [3.8, 4) is 0 Å². The minimum Gasteiger partial charge on any atom is -0.382 e. The van der Waals surface area contributed by atoms with E-state index >= 15 is 0 Å². The first-order valence-corrected chi connectivity index (χ1v) is 6.03. The van der Waals surface area contributed by atoms with E-state index in [0.29, 0.717) is 32.8 Å². The fourth-order valence-electron chi connectivity index (χ4n) is 1.42. The molecule has 0 aliphatic rings. The van der Waals surface area contributed by atoms with E-state index in [4.69, 9.17) is 14.2 Å². The molecule has 0 aromatic heterocycles. The van der Waals surface area contributed by atoms with Gasteiger partial charge in [-0.1, -0.05) is 30.3 Å². The number of hydrogen-bond donors (Lipinski definition) is 0. The molecule has 0 aliphatic carbocycles. The lowest BCUT2D eigenvalue weighted by Gasteiger charge is -2.05. The van der Waals surface area contributed by atoms with E-state index in [1.165, 1.54) is 0 Å². The van der Waals surface area contributed by atoms with E-state index in [9.17, 15) is 4.79 Å². The lowest BCUT2D eigenvalue weighted by atomic mass is 10.1. The molecule has 1 aromatic carbocycles. The smallest absolute Gasteiger partial charge is 0.162 e. The first-order chi connectivity index (χ1) is 8.83. The Morgan fingerprint density at radius 2 is 1.67 bits per heavy atom. The predicted molar refractivity (Wildman–Crippen MR) is 68.7 cm³/mol. The number of rotatable bonds is 10. The van der Waals surface area contributed by atoms with Crippen molar-refractivity contribution in [3.63, 3.8) is 0 Å². The molecule has 18 heavy (non-hydrogen) atoms. The fraction of sp³-hybridized carbons (Fsp3) is 0.500. The van der Waals surface area contributed by atoms with Gasteiger partial charge >= 0.3 is 0 Å². The van der Waals surface area contributed by atoms with Crippen LogP contribution in [0.15, 0.2) is 30.3 Å². The highest BCUT2D eigenvalue weighted by Gasteiger charge is 2.03. The Hall–Kier alpha value is -1.23. The van der Waals surface area contributed by atoms with Crippen LogP contribution in [0.5, 0.6) is 0 Å². The molecule has 4 heteroatoms. The second kappa shape index (κ2) is 9.76. The van der Waals surface area contributed by atoms with Crippen LogP contribution in [0.3, 0.4) is 0 Å². The third-order valence-corrected chi connectivity index (χ3v) is 2.31. The van der Waals surface area contributed by atoms with Crippen LogP contribution in [0.1, 0.15) is 5.56 Å². The third-order valence-electron chi connectivity index (χ3n) is 2.31. The lowest BCUT2D eigenvalue weighted by Crippen LogP contribution is -2.15. The average Bonchev–Trinajstić information content (AvgIpc) is 2.39. The summed E-state index contributed by atoms with van der Waals surface area (Å²) in [6, 6.07) is 9.65. The third kappa shape index (κ3) is 7.17. The van der Waals surface area contributed by atoms with Gasteiger partial charge in [0.1, 0.15) is 6.61 Å². The number of ether oxygens (including phenoxy) is 3. The molecule has 0 N–H and O–H groups in total. The standard InChI is InChI=1S/C14H20O4/c1-16-7-8-17-9-10-18-12-14(15)11-13-5-3-2-4-6-13/h2-6H,7-12H2,1H3. The van der Waals surface area contributed by atoms with Crippen molar-refractivity contribution in [2.24, 2.45) is 0 Å².